The van der Waals surface area contributed by atoms with Gasteiger partial charge in [0.1, 0.15) is 0 Å². The molecule has 0 fully saturated rings. The van der Waals surface area contributed by atoms with E-state index in [0.717, 1.165) is 0 Å². The first-order valence-electron chi connectivity index (χ1n) is 13.5. The van der Waals surface area contributed by atoms with Crippen molar-refractivity contribution in [1.82, 2.24) is 0 Å². The molecule has 6 rings (SSSR count). The molecule has 0 saturated heterocycles. The Morgan fingerprint density at radius 2 is 1.13 bits per heavy atom. The molecule has 0 aliphatic heterocycles. The fourth-order valence-electron chi connectivity index (χ4n) is 5.90. The quantitative estimate of drug-likeness (QED) is 0.323. The van der Waals surface area contributed by atoms with Crippen LogP contribution in [0.25, 0.3) is 28.3 Å². The van der Waals surface area contributed by atoms with Crippen LogP contribution in [0, 0.1) is 0 Å². The second-order valence-corrected chi connectivity index (χ2v) is 16.5. The Hall–Kier alpha value is -1.92. The molecule has 198 valence electrons. The Labute approximate surface area is 258 Å². The van der Waals surface area contributed by atoms with Gasteiger partial charge in [0, 0.05) is 0 Å². The molecular formula is C36H36Cl2Zr. The fourth-order valence-corrected chi connectivity index (χ4v) is 10.4. The normalized spacial score (nSPS) is 15.5. The smallest absolute Gasteiger partial charge is 1.00 e. The number of allylic oxidation sites excluding steroid dienone is 1. The molecule has 1 unspecified atom stereocenters. The van der Waals surface area contributed by atoms with Crippen molar-refractivity contribution >= 4 is 6.08 Å². The van der Waals surface area contributed by atoms with E-state index in [9.17, 15) is 0 Å². The molecule has 4 aromatic rings. The molecule has 4 aromatic carbocycles. The van der Waals surface area contributed by atoms with Gasteiger partial charge in [-0.3, -0.25) is 0 Å². The molecular weight excluding hydrogens is 595 g/mol. The van der Waals surface area contributed by atoms with Crippen molar-refractivity contribution in [2.24, 2.45) is 0 Å². The summed E-state index contributed by atoms with van der Waals surface area (Å²) in [6, 6.07) is 32.5. The number of halogens is 2. The predicted octanol–water partition coefficient (Wildman–Crippen LogP) is 3.88. The van der Waals surface area contributed by atoms with Crippen molar-refractivity contribution in [2.45, 2.75) is 59.6 Å². The summed E-state index contributed by atoms with van der Waals surface area (Å²) in [6.45, 7) is 14.0. The largest absolute Gasteiger partial charge is 1.00 e. The molecule has 0 aromatic heterocycles. The minimum Gasteiger partial charge on any atom is -1.00 e. The van der Waals surface area contributed by atoms with E-state index in [0.29, 0.717) is 7.25 Å². The molecule has 39 heavy (non-hydrogen) atoms. The van der Waals surface area contributed by atoms with Crippen LogP contribution in [0.1, 0.15) is 82.2 Å². The summed E-state index contributed by atoms with van der Waals surface area (Å²) < 4.78 is 1.15. The molecule has 0 N–H and O–H groups in total. The summed E-state index contributed by atoms with van der Waals surface area (Å²) in [5.41, 5.74) is 15.0. The molecule has 0 nitrogen and oxygen atoms in total. The number of hydrogen-bond donors (Lipinski definition) is 0. The third kappa shape index (κ3) is 5.53. The van der Waals surface area contributed by atoms with E-state index in [2.05, 4.69) is 139 Å². The van der Waals surface area contributed by atoms with E-state index in [1.54, 1.807) is 16.7 Å². The van der Waals surface area contributed by atoms with Gasteiger partial charge < -0.3 is 24.8 Å². The SMILES string of the molecule is CC(C)(C)c1ccc2c(c1)[CH]([Zr+2][CH]1C=Cc3c(-c4ccccc4)cccc31)c1cc(C(C)(C)C)ccc1-2.[Cl-].[Cl-]. The van der Waals surface area contributed by atoms with E-state index in [1.807, 2.05) is 0 Å². The Balaban J connectivity index is 0.00000176. The Morgan fingerprint density at radius 3 is 1.67 bits per heavy atom. The van der Waals surface area contributed by atoms with Crippen LogP contribution in [0.5, 0.6) is 0 Å². The molecule has 0 amide bonds. The zero-order valence-electron chi connectivity index (χ0n) is 23.6. The van der Waals surface area contributed by atoms with E-state index in [-0.39, 0.29) is 35.6 Å². The Kier molecular flexibility index (Phi) is 8.60. The van der Waals surface area contributed by atoms with Crippen LogP contribution in [-0.2, 0) is 34.1 Å². The first kappa shape index (κ1) is 30.1. The number of fused-ring (bicyclic) bond motifs is 4. The number of hydrogen-bond acceptors (Lipinski definition) is 0. The fraction of sp³-hybridized carbons (Fsp3) is 0.278. The van der Waals surface area contributed by atoms with Gasteiger partial charge in [0.05, 0.1) is 0 Å². The second kappa shape index (κ2) is 11.2. The maximum atomic E-state index is 2.55. The van der Waals surface area contributed by atoms with Crippen molar-refractivity contribution in [2.75, 3.05) is 0 Å². The van der Waals surface area contributed by atoms with Crippen LogP contribution in [0.3, 0.4) is 0 Å². The first-order chi connectivity index (χ1) is 17.6. The van der Waals surface area contributed by atoms with Crippen LogP contribution in [0.15, 0.2) is 91.0 Å². The maximum absolute atomic E-state index is 2.55. The van der Waals surface area contributed by atoms with Gasteiger partial charge in [0.15, 0.2) is 0 Å². The topological polar surface area (TPSA) is 0 Å². The number of rotatable bonds is 3. The predicted molar refractivity (Wildman–Crippen MR) is 155 cm³/mol. The second-order valence-electron chi connectivity index (χ2n) is 12.7. The van der Waals surface area contributed by atoms with Crippen molar-refractivity contribution in [1.29, 1.82) is 0 Å². The Bertz CT molecular complexity index is 1460. The summed E-state index contributed by atoms with van der Waals surface area (Å²) in [7, 11) is 0. The zero-order chi connectivity index (χ0) is 25.9. The van der Waals surface area contributed by atoms with Gasteiger partial charge in [-0.15, -0.1) is 0 Å². The molecule has 0 heterocycles. The summed E-state index contributed by atoms with van der Waals surface area (Å²) in [4.78, 5) is 0. The first-order valence-corrected chi connectivity index (χ1v) is 16.4. The standard InChI is InChI=1S/C21H25.C15H11.2ClH.Zr/c1-20(2,3)16-7-9-18-14(12-16)11-15-13-17(21(4,5)6)8-10-19(15)18;1-2-6-12(7-3-1)14-10-4-8-13-9-5-11-15(13)14;;;/h7-13H,1-6H3;1-11H;2*1H;/q;;;;+2/p-2. The molecule has 0 bridgehead atoms. The van der Waals surface area contributed by atoms with E-state index in [1.165, 1.54) is 38.9 Å². The third-order valence-corrected chi connectivity index (χ3v) is 12.6. The minimum atomic E-state index is -0.937. The van der Waals surface area contributed by atoms with Crippen LogP contribution >= 0.6 is 0 Å². The van der Waals surface area contributed by atoms with Crippen molar-refractivity contribution in [3.8, 4) is 22.3 Å². The van der Waals surface area contributed by atoms with E-state index in [4.69, 9.17) is 0 Å². The Morgan fingerprint density at radius 1 is 0.564 bits per heavy atom. The molecule has 0 radical (unpaired) electrons. The molecule has 0 spiro atoms. The third-order valence-electron chi connectivity index (χ3n) is 8.11. The monoisotopic (exact) mass is 628 g/mol. The molecule has 2 aliphatic rings. The van der Waals surface area contributed by atoms with Gasteiger partial charge >= 0.3 is 236 Å². The summed E-state index contributed by atoms with van der Waals surface area (Å²) >= 11 is -0.937. The van der Waals surface area contributed by atoms with Gasteiger partial charge in [-0.1, -0.05) is 0 Å². The summed E-state index contributed by atoms with van der Waals surface area (Å²) in [6.07, 6.45) is 4.94. The van der Waals surface area contributed by atoms with Gasteiger partial charge in [0.2, 0.25) is 0 Å². The average molecular weight is 631 g/mol. The van der Waals surface area contributed by atoms with Crippen molar-refractivity contribution in [3.63, 3.8) is 0 Å². The molecule has 0 saturated carbocycles. The summed E-state index contributed by atoms with van der Waals surface area (Å²) in [5.74, 6) is 0. The number of benzene rings is 4. The zero-order valence-corrected chi connectivity index (χ0v) is 27.6. The van der Waals surface area contributed by atoms with Crippen LogP contribution < -0.4 is 24.8 Å². The molecule has 3 heteroatoms. The van der Waals surface area contributed by atoms with Gasteiger partial charge in [-0.2, -0.15) is 0 Å². The van der Waals surface area contributed by atoms with Crippen molar-refractivity contribution < 1.29 is 48.0 Å². The summed E-state index contributed by atoms with van der Waals surface area (Å²) in [5, 5.41) is 0. The van der Waals surface area contributed by atoms with Crippen LogP contribution in [0.2, 0.25) is 0 Å². The van der Waals surface area contributed by atoms with E-state index >= 15 is 0 Å². The maximum Gasteiger partial charge on any atom is -1.00 e. The van der Waals surface area contributed by atoms with E-state index < -0.39 is 23.2 Å². The molecule has 1 atom stereocenters. The minimum absolute atomic E-state index is 0. The van der Waals surface area contributed by atoms with Crippen LogP contribution in [-0.4, -0.2) is 0 Å². The van der Waals surface area contributed by atoms with Gasteiger partial charge in [-0.05, 0) is 0 Å². The average Bonchev–Trinajstić information content (AvgIpc) is 3.42. The van der Waals surface area contributed by atoms with Crippen molar-refractivity contribution in [3.05, 3.63) is 124 Å². The molecule has 2 aliphatic carbocycles. The van der Waals surface area contributed by atoms with Gasteiger partial charge in [0.25, 0.3) is 0 Å². The van der Waals surface area contributed by atoms with Gasteiger partial charge in [-0.25, -0.2) is 0 Å². The van der Waals surface area contributed by atoms with Crippen LogP contribution in [0.4, 0.5) is 0 Å².